The molecule has 0 spiro atoms. The van der Waals surface area contributed by atoms with E-state index in [1.165, 1.54) is 6.07 Å². The predicted molar refractivity (Wildman–Crippen MR) is 65.9 cm³/mol. The van der Waals surface area contributed by atoms with Gasteiger partial charge in [-0.25, -0.2) is 4.79 Å². The van der Waals surface area contributed by atoms with Gasteiger partial charge in [0.2, 0.25) is 0 Å². The Hall–Kier alpha value is -1.59. The lowest BCUT2D eigenvalue weighted by molar-refractivity contribution is 0.0608. The Morgan fingerprint density at radius 2 is 2.11 bits per heavy atom. The fourth-order valence-electron chi connectivity index (χ4n) is 1.95. The number of carboxylic acids is 1. The van der Waals surface area contributed by atoms with Crippen molar-refractivity contribution in [1.29, 1.82) is 0 Å². The van der Waals surface area contributed by atoms with Gasteiger partial charge in [-0.1, -0.05) is 12.1 Å². The topological polar surface area (TPSA) is 78.8 Å². The van der Waals surface area contributed by atoms with Gasteiger partial charge < -0.3 is 20.3 Å². The van der Waals surface area contributed by atoms with Crippen molar-refractivity contribution >= 4 is 5.97 Å². The van der Waals surface area contributed by atoms with Crippen LogP contribution in [0.4, 0.5) is 0 Å². The second-order valence-electron chi connectivity index (χ2n) is 4.43. The van der Waals surface area contributed by atoms with Crippen LogP contribution >= 0.6 is 0 Å². The lowest BCUT2D eigenvalue weighted by atomic mass is 9.90. The number of carboxylic acid groups (broad SMARTS) is 1. The van der Waals surface area contributed by atoms with E-state index < -0.39 is 5.97 Å². The Morgan fingerprint density at radius 1 is 1.39 bits per heavy atom. The number of aliphatic hydroxyl groups is 1. The Bertz CT molecular complexity index is 415. The smallest absolute Gasteiger partial charge is 0.339 e. The third-order valence-electron chi connectivity index (χ3n) is 3.02. The van der Waals surface area contributed by atoms with Gasteiger partial charge in [0.05, 0.1) is 6.10 Å². The second-order valence-corrected chi connectivity index (χ2v) is 4.43. The van der Waals surface area contributed by atoms with Crippen LogP contribution in [0.3, 0.4) is 0 Å². The van der Waals surface area contributed by atoms with Crippen LogP contribution in [0.1, 0.15) is 23.2 Å². The molecule has 18 heavy (non-hydrogen) atoms. The quantitative estimate of drug-likeness (QED) is 0.654. The first-order valence-corrected chi connectivity index (χ1v) is 6.03. The summed E-state index contributed by atoms with van der Waals surface area (Å²) >= 11 is 0. The van der Waals surface area contributed by atoms with E-state index in [2.05, 4.69) is 5.32 Å². The maximum Gasteiger partial charge on any atom is 0.339 e. The molecule has 0 unspecified atom stereocenters. The highest BCUT2D eigenvalue weighted by Gasteiger charge is 2.26. The summed E-state index contributed by atoms with van der Waals surface area (Å²) in [4.78, 5) is 10.9. The van der Waals surface area contributed by atoms with Crippen LogP contribution in [0.15, 0.2) is 24.3 Å². The highest BCUT2D eigenvalue weighted by Crippen LogP contribution is 2.19. The third kappa shape index (κ3) is 3.21. The van der Waals surface area contributed by atoms with Gasteiger partial charge in [-0.3, -0.25) is 0 Å². The number of nitrogens with one attached hydrogen (secondary N) is 1. The zero-order valence-electron chi connectivity index (χ0n) is 10.0. The average molecular weight is 251 g/mol. The number of benzene rings is 1. The number of carbonyl (C=O) groups is 1. The minimum atomic E-state index is -0.985. The van der Waals surface area contributed by atoms with Crippen molar-refractivity contribution in [3.63, 3.8) is 0 Å². The molecular weight excluding hydrogens is 234 g/mol. The molecule has 0 saturated heterocycles. The Morgan fingerprint density at radius 3 is 2.78 bits per heavy atom. The molecule has 1 fully saturated rings. The predicted octanol–water partition coefficient (Wildman–Crippen LogP) is 0.876. The van der Waals surface area contributed by atoms with Crippen molar-refractivity contribution in [2.24, 2.45) is 0 Å². The summed E-state index contributed by atoms with van der Waals surface area (Å²) in [5.41, 5.74) is 0.177. The number of aromatic carboxylic acids is 1. The summed E-state index contributed by atoms with van der Waals surface area (Å²) in [5.74, 6) is -0.596. The van der Waals surface area contributed by atoms with Crippen molar-refractivity contribution in [2.75, 3.05) is 13.2 Å². The first kappa shape index (κ1) is 12.9. The van der Waals surface area contributed by atoms with Crippen molar-refractivity contribution in [2.45, 2.75) is 25.0 Å². The van der Waals surface area contributed by atoms with E-state index in [9.17, 15) is 4.79 Å². The second kappa shape index (κ2) is 5.84. The van der Waals surface area contributed by atoms with Gasteiger partial charge >= 0.3 is 5.97 Å². The minimum Gasteiger partial charge on any atom is -0.491 e. The third-order valence-corrected chi connectivity index (χ3v) is 3.02. The summed E-state index contributed by atoms with van der Waals surface area (Å²) in [7, 11) is 0. The molecule has 0 bridgehead atoms. The molecule has 5 heteroatoms. The first-order valence-electron chi connectivity index (χ1n) is 6.03. The van der Waals surface area contributed by atoms with Crippen LogP contribution in [0.5, 0.6) is 5.75 Å². The summed E-state index contributed by atoms with van der Waals surface area (Å²) < 4.78 is 5.44. The number of hydrogen-bond donors (Lipinski definition) is 3. The lowest BCUT2D eigenvalue weighted by Gasteiger charge is -2.32. The van der Waals surface area contributed by atoms with Gasteiger partial charge in [-0.05, 0) is 25.0 Å². The van der Waals surface area contributed by atoms with E-state index in [0.717, 1.165) is 12.8 Å². The van der Waals surface area contributed by atoms with Crippen molar-refractivity contribution in [1.82, 2.24) is 5.32 Å². The van der Waals surface area contributed by atoms with Crippen LogP contribution in [-0.2, 0) is 0 Å². The van der Waals surface area contributed by atoms with E-state index in [0.29, 0.717) is 24.9 Å². The fourth-order valence-corrected chi connectivity index (χ4v) is 1.95. The molecule has 1 saturated carbocycles. The zero-order valence-corrected chi connectivity index (χ0v) is 10.0. The van der Waals surface area contributed by atoms with Gasteiger partial charge in [-0.15, -0.1) is 0 Å². The molecule has 0 aromatic heterocycles. The Kier molecular flexibility index (Phi) is 4.17. The normalized spacial score (nSPS) is 22.3. The average Bonchev–Trinajstić information content (AvgIpc) is 2.32. The summed E-state index contributed by atoms with van der Waals surface area (Å²) in [6.45, 7) is 1.06. The van der Waals surface area contributed by atoms with Crippen LogP contribution < -0.4 is 10.1 Å². The number of ether oxygens (including phenoxy) is 1. The SMILES string of the molecule is O=C(O)c1ccccc1OCCNC1CC(O)C1. The van der Waals surface area contributed by atoms with E-state index in [1.54, 1.807) is 18.2 Å². The molecule has 1 aliphatic rings. The largest absolute Gasteiger partial charge is 0.491 e. The fraction of sp³-hybridized carbons (Fsp3) is 0.462. The summed E-state index contributed by atoms with van der Waals surface area (Å²) in [5, 5.41) is 21.3. The van der Waals surface area contributed by atoms with Gasteiger partial charge in [0, 0.05) is 12.6 Å². The maximum absolute atomic E-state index is 10.9. The molecule has 0 radical (unpaired) electrons. The molecule has 1 aromatic rings. The summed E-state index contributed by atoms with van der Waals surface area (Å²) in [6, 6.07) is 6.95. The Labute approximate surface area is 105 Å². The van der Waals surface area contributed by atoms with Crippen LogP contribution in [0.2, 0.25) is 0 Å². The van der Waals surface area contributed by atoms with Gasteiger partial charge in [0.25, 0.3) is 0 Å². The van der Waals surface area contributed by atoms with Crippen LogP contribution in [0.25, 0.3) is 0 Å². The molecule has 0 amide bonds. The minimum absolute atomic E-state index is 0.170. The first-order chi connectivity index (χ1) is 8.66. The molecule has 0 atom stereocenters. The number of para-hydroxylation sites is 1. The molecule has 1 aromatic carbocycles. The molecule has 0 heterocycles. The van der Waals surface area contributed by atoms with E-state index in [4.69, 9.17) is 14.9 Å². The van der Waals surface area contributed by atoms with E-state index in [-0.39, 0.29) is 11.7 Å². The van der Waals surface area contributed by atoms with Crippen molar-refractivity contribution < 1.29 is 19.7 Å². The number of aliphatic hydroxyl groups excluding tert-OH is 1. The summed E-state index contributed by atoms with van der Waals surface area (Å²) in [6.07, 6.45) is 1.40. The molecule has 5 nitrogen and oxygen atoms in total. The molecule has 98 valence electrons. The van der Waals surface area contributed by atoms with E-state index in [1.807, 2.05) is 0 Å². The molecule has 1 aliphatic carbocycles. The highest BCUT2D eigenvalue weighted by molar-refractivity contribution is 5.90. The standard InChI is InChI=1S/C13H17NO4/c15-10-7-9(8-10)14-5-6-18-12-4-2-1-3-11(12)13(16)17/h1-4,9-10,14-15H,5-8H2,(H,16,17). The highest BCUT2D eigenvalue weighted by atomic mass is 16.5. The van der Waals surface area contributed by atoms with Gasteiger partial charge in [0.1, 0.15) is 17.9 Å². The monoisotopic (exact) mass is 251 g/mol. The van der Waals surface area contributed by atoms with Crippen molar-refractivity contribution in [3.8, 4) is 5.75 Å². The number of rotatable bonds is 6. The molecule has 3 N–H and O–H groups in total. The Balaban J connectivity index is 1.74. The van der Waals surface area contributed by atoms with E-state index >= 15 is 0 Å². The van der Waals surface area contributed by atoms with Crippen LogP contribution in [0, 0.1) is 0 Å². The lowest BCUT2D eigenvalue weighted by Crippen LogP contribution is -2.45. The molecule has 2 rings (SSSR count). The zero-order chi connectivity index (χ0) is 13.0. The van der Waals surface area contributed by atoms with Gasteiger partial charge in [0.15, 0.2) is 0 Å². The molecular formula is C13H17NO4. The molecule has 0 aliphatic heterocycles. The number of hydrogen-bond acceptors (Lipinski definition) is 4. The maximum atomic E-state index is 10.9. The van der Waals surface area contributed by atoms with Crippen molar-refractivity contribution in [3.05, 3.63) is 29.8 Å². The van der Waals surface area contributed by atoms with Crippen LogP contribution in [-0.4, -0.2) is 41.5 Å². The van der Waals surface area contributed by atoms with Gasteiger partial charge in [-0.2, -0.15) is 0 Å².